The molecular formula is C13H18N2O. The second kappa shape index (κ2) is 4.66. The first kappa shape index (κ1) is 11.1. The lowest BCUT2D eigenvalue weighted by Gasteiger charge is -2.27. The van der Waals surface area contributed by atoms with Crippen LogP contribution in [0.15, 0.2) is 18.2 Å². The average Bonchev–Trinajstić information content (AvgIpc) is 2.19. The molecule has 0 radical (unpaired) electrons. The van der Waals surface area contributed by atoms with Crippen LogP contribution >= 0.6 is 0 Å². The van der Waals surface area contributed by atoms with Gasteiger partial charge in [0.25, 0.3) is 5.91 Å². The zero-order valence-corrected chi connectivity index (χ0v) is 9.84. The molecule has 0 bridgehead atoms. The number of aryl methyl sites for hydroxylation is 1. The molecule has 3 heteroatoms. The molecular weight excluding hydrogens is 200 g/mol. The molecule has 1 amide bonds. The fourth-order valence-electron chi connectivity index (χ4n) is 1.82. The predicted molar refractivity (Wildman–Crippen MR) is 64.6 cm³/mol. The monoisotopic (exact) mass is 218 g/mol. The van der Waals surface area contributed by atoms with Crippen molar-refractivity contribution in [2.24, 2.45) is 5.92 Å². The van der Waals surface area contributed by atoms with Crippen molar-refractivity contribution in [3.63, 3.8) is 0 Å². The third kappa shape index (κ3) is 2.25. The third-order valence-corrected chi connectivity index (χ3v) is 3.27. The summed E-state index contributed by atoms with van der Waals surface area (Å²) in [6.45, 7) is 6.84. The molecule has 1 aromatic rings. The molecule has 1 aromatic carbocycles. The van der Waals surface area contributed by atoms with E-state index in [0.717, 1.165) is 36.3 Å². The van der Waals surface area contributed by atoms with Crippen molar-refractivity contribution in [2.75, 3.05) is 19.6 Å². The minimum atomic E-state index is 0.0492. The van der Waals surface area contributed by atoms with E-state index in [9.17, 15) is 4.79 Å². The highest BCUT2D eigenvalue weighted by Crippen LogP contribution is 2.12. The maximum absolute atomic E-state index is 11.9. The van der Waals surface area contributed by atoms with Gasteiger partial charge in [-0.25, -0.2) is 0 Å². The molecule has 1 aliphatic rings. The highest BCUT2D eigenvalue weighted by atomic mass is 16.1. The summed E-state index contributed by atoms with van der Waals surface area (Å²) in [6, 6.07) is 5.85. The Morgan fingerprint density at radius 3 is 2.81 bits per heavy atom. The molecule has 1 aliphatic heterocycles. The molecule has 0 atom stereocenters. The van der Waals surface area contributed by atoms with Gasteiger partial charge in [0.1, 0.15) is 0 Å². The molecule has 2 N–H and O–H groups in total. The topological polar surface area (TPSA) is 41.1 Å². The lowest BCUT2D eigenvalue weighted by molar-refractivity contribution is 0.0941. The van der Waals surface area contributed by atoms with Gasteiger partial charge in [-0.15, -0.1) is 0 Å². The number of benzene rings is 1. The van der Waals surface area contributed by atoms with Crippen molar-refractivity contribution >= 4 is 5.91 Å². The van der Waals surface area contributed by atoms with E-state index in [-0.39, 0.29) is 5.91 Å². The predicted octanol–water partition coefficient (Wildman–Crippen LogP) is 1.25. The largest absolute Gasteiger partial charge is 0.352 e. The van der Waals surface area contributed by atoms with E-state index in [1.807, 2.05) is 32.0 Å². The van der Waals surface area contributed by atoms with Crippen LogP contribution in [0, 0.1) is 19.8 Å². The number of rotatable bonds is 3. The van der Waals surface area contributed by atoms with Crippen LogP contribution in [0.1, 0.15) is 21.5 Å². The Kier molecular flexibility index (Phi) is 3.25. The molecule has 0 saturated carbocycles. The van der Waals surface area contributed by atoms with Crippen LogP contribution in [0.25, 0.3) is 0 Å². The molecule has 1 heterocycles. The fourth-order valence-corrected chi connectivity index (χ4v) is 1.82. The number of hydrogen-bond acceptors (Lipinski definition) is 2. The molecule has 1 saturated heterocycles. The van der Waals surface area contributed by atoms with Crippen molar-refractivity contribution < 1.29 is 4.79 Å². The van der Waals surface area contributed by atoms with Gasteiger partial charge in [0.15, 0.2) is 0 Å². The van der Waals surface area contributed by atoms with Crippen LogP contribution in [0.4, 0.5) is 0 Å². The molecule has 0 aromatic heterocycles. The third-order valence-electron chi connectivity index (χ3n) is 3.27. The maximum Gasteiger partial charge on any atom is 0.251 e. The van der Waals surface area contributed by atoms with Crippen molar-refractivity contribution in [2.45, 2.75) is 13.8 Å². The fraction of sp³-hybridized carbons (Fsp3) is 0.462. The second-order valence-electron chi connectivity index (χ2n) is 4.48. The summed E-state index contributed by atoms with van der Waals surface area (Å²) in [5.74, 6) is 0.655. The van der Waals surface area contributed by atoms with Crippen LogP contribution in [-0.4, -0.2) is 25.5 Å². The van der Waals surface area contributed by atoms with Crippen molar-refractivity contribution in [3.8, 4) is 0 Å². The first-order valence-electron chi connectivity index (χ1n) is 5.73. The average molecular weight is 218 g/mol. The van der Waals surface area contributed by atoms with E-state index in [0.29, 0.717) is 5.92 Å². The Morgan fingerprint density at radius 2 is 2.19 bits per heavy atom. The highest BCUT2D eigenvalue weighted by Gasteiger charge is 2.18. The quantitative estimate of drug-likeness (QED) is 0.801. The number of carbonyl (C=O) groups is 1. The number of amides is 1. The van der Waals surface area contributed by atoms with Gasteiger partial charge in [0.2, 0.25) is 0 Å². The van der Waals surface area contributed by atoms with Gasteiger partial charge in [-0.1, -0.05) is 12.1 Å². The van der Waals surface area contributed by atoms with Gasteiger partial charge in [-0.2, -0.15) is 0 Å². The van der Waals surface area contributed by atoms with Gasteiger partial charge in [-0.3, -0.25) is 4.79 Å². The van der Waals surface area contributed by atoms with E-state index in [2.05, 4.69) is 10.6 Å². The Hall–Kier alpha value is -1.35. The zero-order valence-electron chi connectivity index (χ0n) is 9.84. The van der Waals surface area contributed by atoms with E-state index < -0.39 is 0 Å². The highest BCUT2D eigenvalue weighted by molar-refractivity contribution is 5.95. The van der Waals surface area contributed by atoms with Crippen LogP contribution in [-0.2, 0) is 0 Å². The first-order valence-corrected chi connectivity index (χ1v) is 5.73. The number of hydrogen-bond donors (Lipinski definition) is 2. The molecule has 1 fully saturated rings. The summed E-state index contributed by atoms with van der Waals surface area (Å²) < 4.78 is 0. The Bertz CT molecular complexity index is 397. The number of nitrogens with one attached hydrogen (secondary N) is 2. The van der Waals surface area contributed by atoms with E-state index in [4.69, 9.17) is 0 Å². The summed E-state index contributed by atoms with van der Waals surface area (Å²) in [7, 11) is 0. The lowest BCUT2D eigenvalue weighted by Crippen LogP contribution is -2.48. The maximum atomic E-state index is 11.9. The van der Waals surface area contributed by atoms with Gasteiger partial charge >= 0.3 is 0 Å². The van der Waals surface area contributed by atoms with Crippen molar-refractivity contribution in [1.82, 2.24) is 10.6 Å². The summed E-state index contributed by atoms with van der Waals surface area (Å²) in [5.41, 5.74) is 3.04. The van der Waals surface area contributed by atoms with Crippen LogP contribution in [0.2, 0.25) is 0 Å². The van der Waals surface area contributed by atoms with Crippen LogP contribution in [0.3, 0.4) is 0 Å². The van der Waals surface area contributed by atoms with Gasteiger partial charge in [0, 0.05) is 31.1 Å². The summed E-state index contributed by atoms with van der Waals surface area (Å²) in [6.07, 6.45) is 0. The SMILES string of the molecule is Cc1cccc(C(=O)NCC2CNC2)c1C. The molecule has 0 aliphatic carbocycles. The van der Waals surface area contributed by atoms with Crippen LogP contribution < -0.4 is 10.6 Å². The summed E-state index contributed by atoms with van der Waals surface area (Å²) in [4.78, 5) is 11.9. The zero-order chi connectivity index (χ0) is 11.5. The van der Waals surface area contributed by atoms with Gasteiger partial charge < -0.3 is 10.6 Å². The number of carbonyl (C=O) groups excluding carboxylic acids is 1. The van der Waals surface area contributed by atoms with E-state index in [1.54, 1.807) is 0 Å². The summed E-state index contributed by atoms with van der Waals surface area (Å²) >= 11 is 0. The molecule has 3 nitrogen and oxygen atoms in total. The second-order valence-corrected chi connectivity index (χ2v) is 4.48. The van der Waals surface area contributed by atoms with Gasteiger partial charge in [-0.05, 0) is 31.0 Å². The Morgan fingerprint density at radius 1 is 1.44 bits per heavy atom. The first-order chi connectivity index (χ1) is 7.68. The molecule has 16 heavy (non-hydrogen) atoms. The molecule has 0 unspecified atom stereocenters. The van der Waals surface area contributed by atoms with Crippen molar-refractivity contribution in [3.05, 3.63) is 34.9 Å². The normalized spacial score (nSPS) is 15.6. The Labute approximate surface area is 96.2 Å². The van der Waals surface area contributed by atoms with E-state index >= 15 is 0 Å². The standard InChI is InChI=1S/C13H18N2O/c1-9-4-3-5-12(10(9)2)13(16)15-8-11-6-14-7-11/h3-5,11,14H,6-8H2,1-2H3,(H,15,16). The minimum Gasteiger partial charge on any atom is -0.352 e. The Balaban J connectivity index is 1.99. The van der Waals surface area contributed by atoms with Crippen LogP contribution in [0.5, 0.6) is 0 Å². The molecule has 0 spiro atoms. The van der Waals surface area contributed by atoms with E-state index in [1.165, 1.54) is 0 Å². The van der Waals surface area contributed by atoms with Crippen molar-refractivity contribution in [1.29, 1.82) is 0 Å². The lowest BCUT2D eigenvalue weighted by atomic mass is 10.0. The smallest absolute Gasteiger partial charge is 0.251 e. The minimum absolute atomic E-state index is 0.0492. The van der Waals surface area contributed by atoms with Gasteiger partial charge in [0.05, 0.1) is 0 Å². The molecule has 2 rings (SSSR count). The molecule has 86 valence electrons. The summed E-state index contributed by atoms with van der Waals surface area (Å²) in [5, 5.41) is 6.18.